The fourth-order valence-electron chi connectivity index (χ4n) is 6.13. The summed E-state index contributed by atoms with van der Waals surface area (Å²) >= 11 is 0. The Bertz CT molecular complexity index is 1240. The maximum absolute atomic E-state index is 13.8. The Labute approximate surface area is 221 Å². The first-order chi connectivity index (χ1) is 17.9. The summed E-state index contributed by atoms with van der Waals surface area (Å²) in [5.41, 5.74) is 1.36. The van der Waals surface area contributed by atoms with E-state index in [0.717, 1.165) is 0 Å². The van der Waals surface area contributed by atoms with Crippen LogP contribution >= 0.6 is 0 Å². The predicted molar refractivity (Wildman–Crippen MR) is 133 cm³/mol. The third-order valence-corrected chi connectivity index (χ3v) is 8.00. The third kappa shape index (κ3) is 4.14. The van der Waals surface area contributed by atoms with Crippen LogP contribution in [-0.4, -0.2) is 109 Å². The first-order valence-corrected chi connectivity index (χ1v) is 12.4. The summed E-state index contributed by atoms with van der Waals surface area (Å²) in [5, 5.41) is 23.1. The molecule has 0 fully saturated rings. The number of Topliss-reactive ketones (excluding diaryl/α,β-unsaturated/α-hetero) is 3. The number of hydrogen-bond donors (Lipinski definition) is 2. The Hall–Kier alpha value is -3.12. The van der Waals surface area contributed by atoms with Crippen molar-refractivity contribution in [1.82, 2.24) is 9.80 Å². The number of ketones is 3. The third-order valence-electron chi connectivity index (χ3n) is 8.00. The lowest BCUT2D eigenvalue weighted by atomic mass is 9.74. The van der Waals surface area contributed by atoms with Gasteiger partial charge in [0.15, 0.2) is 17.3 Å². The van der Waals surface area contributed by atoms with Crippen LogP contribution in [0.4, 0.5) is 0 Å². The van der Waals surface area contributed by atoms with Crippen molar-refractivity contribution < 1.29 is 43.6 Å². The van der Waals surface area contributed by atoms with Crippen molar-refractivity contribution in [3.05, 3.63) is 45.0 Å². The van der Waals surface area contributed by atoms with Gasteiger partial charge in [-0.25, -0.2) is 0 Å². The molecule has 2 N–H and O–H groups in total. The second kappa shape index (κ2) is 10.2. The Balaban J connectivity index is 1.99. The smallest absolute Gasteiger partial charge is 0.302 e. The molecule has 206 valence electrons. The van der Waals surface area contributed by atoms with Gasteiger partial charge in [0.2, 0.25) is 11.6 Å². The summed E-state index contributed by atoms with van der Waals surface area (Å²) in [4.78, 5) is 56.2. The average molecular weight is 531 g/mol. The van der Waals surface area contributed by atoms with Crippen molar-refractivity contribution in [3.8, 4) is 0 Å². The van der Waals surface area contributed by atoms with Gasteiger partial charge in [0, 0.05) is 40.8 Å². The van der Waals surface area contributed by atoms with Crippen molar-refractivity contribution in [3.63, 3.8) is 0 Å². The molecule has 0 aromatic heterocycles. The molecule has 2 aliphatic carbocycles. The van der Waals surface area contributed by atoms with E-state index in [1.165, 1.54) is 28.1 Å². The van der Waals surface area contributed by atoms with Crippen LogP contribution in [0.25, 0.3) is 0 Å². The number of likely N-dealkylation sites (N-methyl/N-ethyl adjacent to an activating group) is 1. The second-order valence-corrected chi connectivity index (χ2v) is 10.2. The van der Waals surface area contributed by atoms with E-state index in [1.807, 2.05) is 0 Å². The summed E-state index contributed by atoms with van der Waals surface area (Å²) < 4.78 is 16.0. The number of carbonyl (C=O) groups is 4. The van der Waals surface area contributed by atoms with Crippen molar-refractivity contribution in [2.24, 2.45) is 0 Å². The Kier molecular flexibility index (Phi) is 7.50. The lowest BCUT2D eigenvalue weighted by molar-refractivity contribution is -0.147. The molecular weight excluding hydrogens is 496 g/mol. The molecule has 0 spiro atoms. The van der Waals surface area contributed by atoms with Crippen LogP contribution in [0, 0.1) is 0 Å². The molecule has 11 heteroatoms. The summed E-state index contributed by atoms with van der Waals surface area (Å²) in [6.45, 7) is 3.98. The van der Waals surface area contributed by atoms with E-state index < -0.39 is 53.8 Å². The average Bonchev–Trinajstić information content (AvgIpc) is 2.99. The van der Waals surface area contributed by atoms with Crippen LogP contribution in [0.15, 0.2) is 45.0 Å². The highest BCUT2D eigenvalue weighted by Crippen LogP contribution is 2.46. The van der Waals surface area contributed by atoms with E-state index in [1.54, 1.807) is 30.8 Å². The number of fused-ring (bicyclic) bond motifs is 2. The number of carbonyl (C=O) groups excluding carboxylic acids is 4. The van der Waals surface area contributed by atoms with E-state index in [-0.39, 0.29) is 53.3 Å². The zero-order valence-electron chi connectivity index (χ0n) is 22.7. The van der Waals surface area contributed by atoms with Crippen molar-refractivity contribution in [2.75, 3.05) is 34.9 Å². The minimum Gasteiger partial charge on any atom is -0.493 e. The van der Waals surface area contributed by atoms with Crippen LogP contribution in [0.5, 0.6) is 0 Å². The van der Waals surface area contributed by atoms with Crippen molar-refractivity contribution in [2.45, 2.75) is 64.1 Å². The molecule has 0 amide bonds. The number of aliphatic hydroxyl groups is 2. The Morgan fingerprint density at radius 3 is 2.13 bits per heavy atom. The molecular formula is C27H34N2O9. The molecule has 4 rings (SSSR count). The van der Waals surface area contributed by atoms with Crippen LogP contribution in [0.2, 0.25) is 0 Å². The standard InChI is InChI=1S/C27H34N2O9/c1-11-21(31)14-8-16-19-15(22(32)12(2)25(36-6)23(19)33)9-17(28(4)5)27(35)29(16)18(10-38-13(3)30)20(14)24(34)26(11)37-7/h16-18,22,27,32,35H,8-10H2,1-7H3/t16-,17?,18-,22?,27-/m0/s1. The molecule has 38 heavy (non-hydrogen) atoms. The summed E-state index contributed by atoms with van der Waals surface area (Å²) in [6.07, 6.45) is -2.33. The Morgan fingerprint density at radius 2 is 1.58 bits per heavy atom. The van der Waals surface area contributed by atoms with E-state index in [9.17, 15) is 29.4 Å². The van der Waals surface area contributed by atoms with Gasteiger partial charge in [-0.3, -0.25) is 24.1 Å². The zero-order chi connectivity index (χ0) is 28.2. The summed E-state index contributed by atoms with van der Waals surface area (Å²) in [7, 11) is 6.16. The van der Waals surface area contributed by atoms with E-state index in [4.69, 9.17) is 14.2 Å². The van der Waals surface area contributed by atoms with Gasteiger partial charge in [-0.05, 0) is 46.4 Å². The summed E-state index contributed by atoms with van der Waals surface area (Å²) in [6, 6.07) is -2.58. The maximum Gasteiger partial charge on any atom is 0.302 e. The molecule has 0 saturated heterocycles. The predicted octanol–water partition coefficient (Wildman–Crippen LogP) is 0.174. The number of ether oxygens (including phenoxy) is 3. The van der Waals surface area contributed by atoms with E-state index in [0.29, 0.717) is 11.1 Å². The van der Waals surface area contributed by atoms with Gasteiger partial charge < -0.3 is 29.3 Å². The number of methoxy groups -OCH3 is 2. The van der Waals surface area contributed by atoms with Gasteiger partial charge in [-0.15, -0.1) is 0 Å². The minimum atomic E-state index is -1.26. The van der Waals surface area contributed by atoms with Gasteiger partial charge in [0.05, 0.1) is 26.3 Å². The highest BCUT2D eigenvalue weighted by Gasteiger charge is 2.54. The lowest BCUT2D eigenvalue weighted by Gasteiger charge is -2.48. The molecule has 0 radical (unpaired) electrons. The van der Waals surface area contributed by atoms with Gasteiger partial charge in [0.25, 0.3) is 0 Å². The van der Waals surface area contributed by atoms with Crippen LogP contribution in [-0.2, 0) is 33.4 Å². The van der Waals surface area contributed by atoms with Crippen LogP contribution in [0.3, 0.4) is 0 Å². The fourth-order valence-corrected chi connectivity index (χ4v) is 6.13. The summed E-state index contributed by atoms with van der Waals surface area (Å²) in [5.74, 6) is -2.14. The molecule has 11 nitrogen and oxygen atoms in total. The molecule has 0 aromatic carbocycles. The molecule has 0 bridgehead atoms. The first kappa shape index (κ1) is 27.9. The van der Waals surface area contributed by atoms with E-state index in [2.05, 4.69) is 0 Å². The largest absolute Gasteiger partial charge is 0.493 e. The quantitative estimate of drug-likeness (QED) is 0.371. The van der Waals surface area contributed by atoms with Crippen LogP contribution in [0.1, 0.15) is 33.6 Å². The molecule has 4 aliphatic rings. The zero-order valence-corrected chi connectivity index (χ0v) is 22.7. The first-order valence-electron chi connectivity index (χ1n) is 12.4. The second-order valence-electron chi connectivity index (χ2n) is 10.2. The van der Waals surface area contributed by atoms with E-state index >= 15 is 0 Å². The number of nitrogens with zero attached hydrogens (tertiary/aromatic N) is 2. The fraction of sp³-hybridized carbons (Fsp3) is 0.556. The van der Waals surface area contributed by atoms with Crippen molar-refractivity contribution >= 4 is 23.3 Å². The monoisotopic (exact) mass is 530 g/mol. The van der Waals surface area contributed by atoms with Gasteiger partial charge in [0.1, 0.15) is 18.9 Å². The van der Waals surface area contributed by atoms with Gasteiger partial charge in [-0.2, -0.15) is 0 Å². The number of aliphatic hydroxyl groups excluding tert-OH is 2. The Morgan fingerprint density at radius 1 is 0.974 bits per heavy atom. The lowest BCUT2D eigenvalue weighted by Crippen LogP contribution is -2.61. The van der Waals surface area contributed by atoms with Crippen LogP contribution < -0.4 is 0 Å². The normalized spacial score (nSPS) is 30.4. The molecule has 2 unspecified atom stereocenters. The number of hydrogen-bond acceptors (Lipinski definition) is 11. The van der Waals surface area contributed by atoms with Gasteiger partial charge >= 0.3 is 5.97 Å². The molecule has 2 heterocycles. The minimum absolute atomic E-state index is 0.00546. The number of allylic oxidation sites excluding steroid dienone is 3. The molecule has 2 aliphatic heterocycles. The van der Waals surface area contributed by atoms with Crippen molar-refractivity contribution in [1.29, 1.82) is 0 Å². The molecule has 5 atom stereocenters. The molecule has 0 aromatic rings. The topological polar surface area (TPSA) is 143 Å². The maximum atomic E-state index is 13.8. The number of esters is 1. The van der Waals surface area contributed by atoms with Gasteiger partial charge in [-0.1, -0.05) is 0 Å². The molecule has 0 saturated carbocycles. The highest BCUT2D eigenvalue weighted by atomic mass is 16.5. The number of rotatable bonds is 5. The highest BCUT2D eigenvalue weighted by molar-refractivity contribution is 6.25. The SMILES string of the molecule is COC1=C(C)C(=O)C2=C(C1=O)[C@H](COC(C)=O)N1[C@@H](C2)C2=C(CC(N(C)C)[C@@H]1O)C(O)C(C)=C(OC)C2=O.